The summed E-state index contributed by atoms with van der Waals surface area (Å²) in [6.45, 7) is 6.62. The second-order valence-electron chi connectivity index (χ2n) is 7.71. The Morgan fingerprint density at radius 2 is 1.73 bits per heavy atom. The van der Waals surface area contributed by atoms with E-state index in [9.17, 15) is 9.90 Å². The van der Waals surface area contributed by atoms with Crippen LogP contribution in [-0.4, -0.2) is 38.1 Å². The molecule has 7 heteroatoms. The predicted octanol–water partition coefficient (Wildman–Crippen LogP) is 5.40. The lowest BCUT2D eigenvalue weighted by Gasteiger charge is -2.21. The lowest BCUT2D eigenvalue weighted by Crippen LogP contribution is -2.32. The Morgan fingerprint density at radius 3 is 2.42 bits per heavy atom. The maximum absolute atomic E-state index is 13.0. The number of benzene rings is 3. The average Bonchev–Trinajstić information content (AvgIpc) is 3.22. The molecule has 3 aromatic carbocycles. The van der Waals surface area contributed by atoms with Crippen molar-refractivity contribution >= 4 is 23.4 Å². The minimum Gasteiger partial charge on any atom is -0.507 e. The van der Waals surface area contributed by atoms with Crippen LogP contribution in [0.2, 0.25) is 0 Å². The van der Waals surface area contributed by atoms with Gasteiger partial charge in [0.1, 0.15) is 5.75 Å². The van der Waals surface area contributed by atoms with Gasteiger partial charge in [-0.15, -0.1) is 10.2 Å². The summed E-state index contributed by atoms with van der Waals surface area (Å²) in [6.07, 6.45) is 0. The van der Waals surface area contributed by atoms with E-state index >= 15 is 0 Å². The van der Waals surface area contributed by atoms with Crippen LogP contribution in [0.25, 0.3) is 17.1 Å². The van der Waals surface area contributed by atoms with Gasteiger partial charge in [-0.25, -0.2) is 0 Å². The first kappa shape index (κ1) is 22.6. The lowest BCUT2D eigenvalue weighted by atomic mass is 10.1. The minimum absolute atomic E-state index is 0.00649. The van der Waals surface area contributed by atoms with Crippen molar-refractivity contribution in [3.05, 3.63) is 83.9 Å². The summed E-state index contributed by atoms with van der Waals surface area (Å²) in [5.74, 6) is 0.871. The van der Waals surface area contributed by atoms with E-state index in [2.05, 4.69) is 16.3 Å². The number of aromatic hydroxyl groups is 1. The number of carbonyl (C=O) groups is 1. The summed E-state index contributed by atoms with van der Waals surface area (Å²) in [6, 6.07) is 22.9. The molecule has 0 saturated heterocycles. The summed E-state index contributed by atoms with van der Waals surface area (Å²) < 4.78 is 1.92. The Balaban J connectivity index is 1.70. The maximum atomic E-state index is 13.0. The number of anilines is 1. The fourth-order valence-corrected chi connectivity index (χ4v) is 4.61. The van der Waals surface area contributed by atoms with Gasteiger partial charge in [-0.1, -0.05) is 59.8 Å². The summed E-state index contributed by atoms with van der Waals surface area (Å²) >= 11 is 1.34. The van der Waals surface area contributed by atoms with E-state index in [1.54, 1.807) is 17.0 Å². The van der Waals surface area contributed by atoms with Crippen molar-refractivity contribution in [2.75, 3.05) is 17.2 Å². The largest absolute Gasteiger partial charge is 0.507 e. The second kappa shape index (κ2) is 9.92. The lowest BCUT2D eigenvalue weighted by molar-refractivity contribution is -0.116. The van der Waals surface area contributed by atoms with Crippen LogP contribution in [0.5, 0.6) is 5.75 Å². The van der Waals surface area contributed by atoms with Gasteiger partial charge >= 0.3 is 0 Å². The van der Waals surface area contributed by atoms with Crippen molar-refractivity contribution in [1.29, 1.82) is 0 Å². The molecule has 1 aromatic heterocycles. The quantitative estimate of drug-likeness (QED) is 0.375. The molecule has 1 amide bonds. The Hall–Kier alpha value is -3.58. The zero-order valence-electron chi connectivity index (χ0n) is 18.9. The zero-order chi connectivity index (χ0) is 23.4. The molecule has 0 saturated carbocycles. The van der Waals surface area contributed by atoms with Crippen LogP contribution >= 0.6 is 11.8 Å². The number of para-hydroxylation sites is 2. The first-order chi connectivity index (χ1) is 16.0. The molecule has 0 radical (unpaired) electrons. The number of nitrogens with zero attached hydrogens (tertiary/aromatic N) is 4. The highest BCUT2D eigenvalue weighted by atomic mass is 32.2. The normalized spacial score (nSPS) is 10.9. The van der Waals surface area contributed by atoms with E-state index in [-0.39, 0.29) is 17.4 Å². The van der Waals surface area contributed by atoms with Gasteiger partial charge in [-0.05, 0) is 56.7 Å². The molecule has 0 aliphatic heterocycles. The molecule has 4 rings (SSSR count). The third-order valence-corrected chi connectivity index (χ3v) is 6.30. The number of rotatable bonds is 7. The number of phenols is 1. The van der Waals surface area contributed by atoms with Gasteiger partial charge in [0.05, 0.1) is 17.0 Å². The van der Waals surface area contributed by atoms with E-state index in [1.165, 1.54) is 11.8 Å². The van der Waals surface area contributed by atoms with Crippen LogP contribution in [-0.2, 0) is 4.79 Å². The Morgan fingerprint density at radius 1 is 1.00 bits per heavy atom. The molecular formula is C26H26N4O2S. The molecule has 0 aliphatic carbocycles. The van der Waals surface area contributed by atoms with Gasteiger partial charge in [0.2, 0.25) is 5.91 Å². The summed E-state index contributed by atoms with van der Waals surface area (Å²) in [7, 11) is 0. The van der Waals surface area contributed by atoms with Crippen molar-refractivity contribution in [1.82, 2.24) is 14.8 Å². The molecule has 4 aromatic rings. The number of thioether (sulfide) groups is 1. The SMILES string of the molecule is CCN(C(=O)CSc1nnc(-c2ccccc2O)n1-c1ccc(C)cc1C)c1ccccc1. The summed E-state index contributed by atoms with van der Waals surface area (Å²) in [5.41, 5.74) is 4.58. The monoisotopic (exact) mass is 458 g/mol. The van der Waals surface area contributed by atoms with Crippen molar-refractivity contribution in [2.45, 2.75) is 25.9 Å². The molecule has 0 spiro atoms. The zero-order valence-corrected chi connectivity index (χ0v) is 19.7. The molecule has 0 fully saturated rings. The summed E-state index contributed by atoms with van der Waals surface area (Å²) in [5, 5.41) is 19.8. The Bertz CT molecular complexity index is 1270. The topological polar surface area (TPSA) is 71.2 Å². The minimum atomic E-state index is -0.00649. The second-order valence-corrected chi connectivity index (χ2v) is 8.65. The van der Waals surface area contributed by atoms with Crippen LogP contribution in [0.1, 0.15) is 18.1 Å². The standard InChI is InChI=1S/C26H26N4O2S/c1-4-29(20-10-6-5-7-11-20)24(32)17-33-26-28-27-25(21-12-8-9-13-23(21)31)30(26)22-15-14-18(2)16-19(22)3/h5-16,31H,4,17H2,1-3H3. The molecule has 33 heavy (non-hydrogen) atoms. The fraction of sp³-hybridized carbons (Fsp3) is 0.192. The molecule has 6 nitrogen and oxygen atoms in total. The number of phenolic OH excluding ortho intramolecular Hbond substituents is 1. The van der Waals surface area contributed by atoms with Crippen molar-refractivity contribution in [3.8, 4) is 22.8 Å². The number of amides is 1. The number of aryl methyl sites for hydroxylation is 2. The third kappa shape index (κ3) is 4.78. The van der Waals surface area contributed by atoms with Crippen LogP contribution < -0.4 is 4.90 Å². The molecule has 0 atom stereocenters. The van der Waals surface area contributed by atoms with E-state index in [0.29, 0.717) is 23.1 Å². The fourth-order valence-electron chi connectivity index (χ4n) is 3.79. The van der Waals surface area contributed by atoms with Crippen LogP contribution in [0.3, 0.4) is 0 Å². The van der Waals surface area contributed by atoms with Gasteiger partial charge in [0.15, 0.2) is 11.0 Å². The number of carbonyl (C=O) groups excluding carboxylic acids is 1. The molecule has 0 aliphatic rings. The third-order valence-electron chi connectivity index (χ3n) is 5.38. The van der Waals surface area contributed by atoms with Crippen molar-refractivity contribution in [3.63, 3.8) is 0 Å². The Labute approximate surface area is 197 Å². The van der Waals surface area contributed by atoms with Gasteiger partial charge in [-0.3, -0.25) is 9.36 Å². The van der Waals surface area contributed by atoms with Crippen LogP contribution in [0.15, 0.2) is 78.0 Å². The van der Waals surface area contributed by atoms with Gasteiger partial charge < -0.3 is 10.0 Å². The molecule has 1 heterocycles. The highest BCUT2D eigenvalue weighted by Gasteiger charge is 2.22. The first-order valence-corrected chi connectivity index (χ1v) is 11.8. The summed E-state index contributed by atoms with van der Waals surface area (Å²) in [4.78, 5) is 14.8. The molecule has 0 unspecified atom stereocenters. The number of aromatic nitrogens is 3. The Kier molecular flexibility index (Phi) is 6.79. The smallest absolute Gasteiger partial charge is 0.237 e. The van der Waals surface area contributed by atoms with E-state index in [0.717, 1.165) is 22.5 Å². The van der Waals surface area contributed by atoms with Crippen molar-refractivity contribution in [2.24, 2.45) is 0 Å². The van der Waals surface area contributed by atoms with Gasteiger partial charge in [0.25, 0.3) is 0 Å². The molecule has 1 N–H and O–H groups in total. The maximum Gasteiger partial charge on any atom is 0.237 e. The van der Waals surface area contributed by atoms with Crippen molar-refractivity contribution < 1.29 is 9.90 Å². The van der Waals surface area contributed by atoms with Crippen LogP contribution in [0, 0.1) is 13.8 Å². The number of hydrogen-bond acceptors (Lipinski definition) is 5. The van der Waals surface area contributed by atoms with Gasteiger partial charge in [0, 0.05) is 12.2 Å². The average molecular weight is 459 g/mol. The highest BCUT2D eigenvalue weighted by molar-refractivity contribution is 7.99. The molecule has 168 valence electrons. The van der Waals surface area contributed by atoms with E-state index in [1.807, 2.05) is 79.9 Å². The number of hydrogen-bond donors (Lipinski definition) is 1. The van der Waals surface area contributed by atoms with E-state index < -0.39 is 0 Å². The highest BCUT2D eigenvalue weighted by Crippen LogP contribution is 2.34. The molecule has 0 bridgehead atoms. The predicted molar refractivity (Wildman–Crippen MR) is 133 cm³/mol. The van der Waals surface area contributed by atoms with E-state index in [4.69, 9.17) is 0 Å². The molecular weight excluding hydrogens is 432 g/mol. The van der Waals surface area contributed by atoms with Gasteiger partial charge in [-0.2, -0.15) is 0 Å². The first-order valence-electron chi connectivity index (χ1n) is 10.8. The van der Waals surface area contributed by atoms with Crippen LogP contribution in [0.4, 0.5) is 5.69 Å².